The molecule has 1 atom stereocenters. The summed E-state index contributed by atoms with van der Waals surface area (Å²) in [5.74, 6) is -0.169. The number of benzene rings is 1. The minimum atomic E-state index is -0.156. The average molecular weight is 260 g/mol. The maximum Gasteiger partial charge on any atom is 0.233 e. The van der Waals surface area contributed by atoms with Gasteiger partial charge in [-0.3, -0.25) is 4.79 Å². The SMILES string of the molecule is O=C(Nc1cnns1)C1CNCc2ccccc21. The monoisotopic (exact) mass is 260 g/mol. The summed E-state index contributed by atoms with van der Waals surface area (Å²) in [5.41, 5.74) is 2.29. The molecular formula is C12H12N4OS. The number of fused-ring (bicyclic) bond motifs is 1. The quantitative estimate of drug-likeness (QED) is 0.855. The van der Waals surface area contributed by atoms with Gasteiger partial charge in [0.05, 0.1) is 12.1 Å². The van der Waals surface area contributed by atoms with Crippen molar-refractivity contribution in [2.45, 2.75) is 12.5 Å². The van der Waals surface area contributed by atoms with E-state index in [1.54, 1.807) is 6.20 Å². The van der Waals surface area contributed by atoms with Crippen LogP contribution in [0, 0.1) is 0 Å². The number of rotatable bonds is 2. The van der Waals surface area contributed by atoms with Crippen LogP contribution in [0.4, 0.5) is 5.00 Å². The van der Waals surface area contributed by atoms with E-state index in [2.05, 4.69) is 26.3 Å². The zero-order valence-corrected chi connectivity index (χ0v) is 10.4. The lowest BCUT2D eigenvalue weighted by atomic mass is 9.90. The van der Waals surface area contributed by atoms with Crippen LogP contribution < -0.4 is 10.6 Å². The van der Waals surface area contributed by atoms with E-state index in [9.17, 15) is 4.79 Å². The lowest BCUT2D eigenvalue weighted by Crippen LogP contribution is -2.35. The molecule has 0 saturated heterocycles. The lowest BCUT2D eigenvalue weighted by molar-refractivity contribution is -0.117. The number of aromatic nitrogens is 2. The molecule has 2 aromatic rings. The first-order valence-corrected chi connectivity index (χ1v) is 6.48. The molecule has 1 aliphatic heterocycles. The standard InChI is InChI=1S/C12H12N4OS/c17-12(15-11-7-14-16-18-11)10-6-13-5-8-3-1-2-4-9(8)10/h1-4,7,10,13H,5-6H2,(H,15,17). The van der Waals surface area contributed by atoms with Crippen LogP contribution in [0.25, 0.3) is 0 Å². The Kier molecular flexibility index (Phi) is 3.04. The molecule has 0 radical (unpaired) electrons. The fraction of sp³-hybridized carbons (Fsp3) is 0.250. The molecule has 0 bridgehead atoms. The van der Waals surface area contributed by atoms with Crippen molar-refractivity contribution >= 4 is 22.4 Å². The highest BCUT2D eigenvalue weighted by Crippen LogP contribution is 2.25. The van der Waals surface area contributed by atoms with Crippen LogP contribution in [-0.4, -0.2) is 22.0 Å². The van der Waals surface area contributed by atoms with Gasteiger partial charge in [-0.1, -0.05) is 28.8 Å². The van der Waals surface area contributed by atoms with Gasteiger partial charge in [-0.2, -0.15) is 0 Å². The molecule has 92 valence electrons. The average Bonchev–Trinajstić information content (AvgIpc) is 2.91. The summed E-state index contributed by atoms with van der Waals surface area (Å²) in [6.45, 7) is 1.48. The molecule has 1 aliphatic rings. The molecule has 2 N–H and O–H groups in total. The maximum atomic E-state index is 12.2. The van der Waals surface area contributed by atoms with Gasteiger partial charge in [-0.05, 0) is 11.1 Å². The second kappa shape index (κ2) is 4.83. The molecular weight excluding hydrogens is 248 g/mol. The molecule has 3 rings (SSSR count). The number of carbonyl (C=O) groups is 1. The van der Waals surface area contributed by atoms with Crippen LogP contribution in [0.2, 0.25) is 0 Å². The number of hydrogen-bond donors (Lipinski definition) is 2. The molecule has 0 aliphatic carbocycles. The van der Waals surface area contributed by atoms with E-state index in [0.717, 1.165) is 12.1 Å². The fourth-order valence-electron chi connectivity index (χ4n) is 2.16. The van der Waals surface area contributed by atoms with Crippen LogP contribution >= 0.6 is 11.5 Å². The highest BCUT2D eigenvalue weighted by molar-refractivity contribution is 7.10. The van der Waals surface area contributed by atoms with E-state index in [0.29, 0.717) is 11.5 Å². The summed E-state index contributed by atoms with van der Waals surface area (Å²) in [6.07, 6.45) is 1.56. The molecule has 1 aromatic carbocycles. The number of amides is 1. The molecule has 0 fully saturated rings. The van der Waals surface area contributed by atoms with Gasteiger partial charge < -0.3 is 10.6 Å². The van der Waals surface area contributed by atoms with Gasteiger partial charge in [0.15, 0.2) is 0 Å². The van der Waals surface area contributed by atoms with Crippen molar-refractivity contribution in [3.05, 3.63) is 41.6 Å². The summed E-state index contributed by atoms with van der Waals surface area (Å²) >= 11 is 1.18. The Morgan fingerprint density at radius 1 is 1.44 bits per heavy atom. The third kappa shape index (κ3) is 2.12. The van der Waals surface area contributed by atoms with E-state index >= 15 is 0 Å². The molecule has 2 heterocycles. The fourth-order valence-corrected chi connectivity index (χ4v) is 2.58. The van der Waals surface area contributed by atoms with E-state index in [1.807, 2.05) is 18.2 Å². The molecule has 5 nitrogen and oxygen atoms in total. The predicted octanol–water partition coefficient (Wildman–Crippen LogP) is 1.36. The Hall–Kier alpha value is -1.79. The summed E-state index contributed by atoms with van der Waals surface area (Å²) in [5, 5.41) is 10.5. The Balaban J connectivity index is 1.83. The van der Waals surface area contributed by atoms with Crippen molar-refractivity contribution in [3.63, 3.8) is 0 Å². The van der Waals surface area contributed by atoms with Gasteiger partial charge in [0.1, 0.15) is 5.00 Å². The van der Waals surface area contributed by atoms with Crippen LogP contribution in [0.15, 0.2) is 30.5 Å². The number of anilines is 1. The third-order valence-electron chi connectivity index (χ3n) is 3.02. The topological polar surface area (TPSA) is 66.9 Å². The second-order valence-electron chi connectivity index (χ2n) is 4.15. The predicted molar refractivity (Wildman–Crippen MR) is 69.4 cm³/mol. The van der Waals surface area contributed by atoms with Gasteiger partial charge in [-0.25, -0.2) is 0 Å². The minimum Gasteiger partial charge on any atom is -0.315 e. The summed E-state index contributed by atoms with van der Waals surface area (Å²) in [4.78, 5) is 12.2. The highest BCUT2D eigenvalue weighted by atomic mass is 32.1. The largest absolute Gasteiger partial charge is 0.315 e. The van der Waals surface area contributed by atoms with Crippen LogP contribution in [0.5, 0.6) is 0 Å². The smallest absolute Gasteiger partial charge is 0.233 e. The van der Waals surface area contributed by atoms with Crippen molar-refractivity contribution in [3.8, 4) is 0 Å². The normalized spacial score (nSPS) is 18.1. The first-order valence-electron chi connectivity index (χ1n) is 5.71. The third-order valence-corrected chi connectivity index (χ3v) is 3.60. The van der Waals surface area contributed by atoms with Crippen molar-refractivity contribution in [2.24, 2.45) is 0 Å². The Bertz CT molecular complexity index is 555. The van der Waals surface area contributed by atoms with E-state index in [1.165, 1.54) is 17.1 Å². The summed E-state index contributed by atoms with van der Waals surface area (Å²) < 4.78 is 3.73. The summed E-state index contributed by atoms with van der Waals surface area (Å²) in [7, 11) is 0. The van der Waals surface area contributed by atoms with Crippen molar-refractivity contribution in [1.29, 1.82) is 0 Å². The number of carbonyl (C=O) groups excluding carboxylic acids is 1. The molecule has 6 heteroatoms. The van der Waals surface area contributed by atoms with Gasteiger partial charge in [-0.15, -0.1) is 5.10 Å². The Labute approximate surface area is 108 Å². The first-order chi connectivity index (χ1) is 8.84. The second-order valence-corrected chi connectivity index (χ2v) is 4.94. The number of hydrogen-bond acceptors (Lipinski definition) is 5. The molecule has 1 aromatic heterocycles. The van der Waals surface area contributed by atoms with E-state index in [4.69, 9.17) is 0 Å². The number of nitrogens with one attached hydrogen (secondary N) is 2. The molecule has 0 spiro atoms. The zero-order chi connectivity index (χ0) is 12.4. The van der Waals surface area contributed by atoms with Gasteiger partial charge in [0.2, 0.25) is 5.91 Å². The zero-order valence-electron chi connectivity index (χ0n) is 9.59. The minimum absolute atomic E-state index is 0.0132. The van der Waals surface area contributed by atoms with E-state index in [-0.39, 0.29) is 11.8 Å². The van der Waals surface area contributed by atoms with Crippen molar-refractivity contribution in [2.75, 3.05) is 11.9 Å². The maximum absolute atomic E-state index is 12.2. The summed E-state index contributed by atoms with van der Waals surface area (Å²) in [6, 6.07) is 8.04. The Morgan fingerprint density at radius 2 is 2.33 bits per heavy atom. The van der Waals surface area contributed by atoms with Gasteiger partial charge >= 0.3 is 0 Å². The lowest BCUT2D eigenvalue weighted by Gasteiger charge is -2.25. The van der Waals surface area contributed by atoms with Crippen molar-refractivity contribution in [1.82, 2.24) is 14.9 Å². The first kappa shape index (κ1) is 11.3. The number of nitrogens with zero attached hydrogens (tertiary/aromatic N) is 2. The van der Waals surface area contributed by atoms with Crippen LogP contribution in [-0.2, 0) is 11.3 Å². The Morgan fingerprint density at radius 3 is 3.17 bits per heavy atom. The molecule has 1 amide bonds. The van der Waals surface area contributed by atoms with Gasteiger partial charge in [0, 0.05) is 24.6 Å². The molecule has 0 saturated carbocycles. The molecule has 1 unspecified atom stereocenters. The molecule has 18 heavy (non-hydrogen) atoms. The van der Waals surface area contributed by atoms with Crippen LogP contribution in [0.1, 0.15) is 17.0 Å². The van der Waals surface area contributed by atoms with Crippen molar-refractivity contribution < 1.29 is 4.79 Å². The van der Waals surface area contributed by atoms with E-state index < -0.39 is 0 Å². The van der Waals surface area contributed by atoms with Crippen LogP contribution in [0.3, 0.4) is 0 Å². The van der Waals surface area contributed by atoms with Gasteiger partial charge in [0.25, 0.3) is 0 Å². The highest BCUT2D eigenvalue weighted by Gasteiger charge is 2.26.